The zero-order chi connectivity index (χ0) is 12.6. The van der Waals surface area contributed by atoms with E-state index in [1.165, 1.54) is 25.7 Å². The molecule has 0 aromatic rings. The molecule has 2 aliphatic heterocycles. The molecular weight excluding hydrogens is 252 g/mol. The molecule has 0 bridgehead atoms. The zero-order valence-electron chi connectivity index (χ0n) is 10.8. The van der Waals surface area contributed by atoms with Gasteiger partial charge in [-0.15, -0.1) is 0 Å². The maximum atomic E-state index is 12.5. The lowest BCUT2D eigenvalue weighted by atomic mass is 9.82. The molecule has 0 N–H and O–H groups in total. The Bertz CT molecular complexity index is 378. The van der Waals surface area contributed by atoms with Gasteiger partial charge in [-0.2, -0.15) is 17.0 Å². The number of hydrogen-bond acceptors (Lipinski definition) is 3. The van der Waals surface area contributed by atoms with Crippen LogP contribution in [0.1, 0.15) is 25.7 Å². The summed E-state index contributed by atoms with van der Waals surface area (Å²) in [5, 5.41) is 0. The SMILES string of the molecule is O=S(=O)(N1CCOCC1)N1CC2CCCCC2C1. The van der Waals surface area contributed by atoms with Gasteiger partial charge in [0, 0.05) is 26.2 Å². The van der Waals surface area contributed by atoms with Crippen LogP contribution in [0.5, 0.6) is 0 Å². The van der Waals surface area contributed by atoms with Gasteiger partial charge >= 0.3 is 0 Å². The topological polar surface area (TPSA) is 49.9 Å². The van der Waals surface area contributed by atoms with Gasteiger partial charge in [0.1, 0.15) is 0 Å². The molecule has 0 spiro atoms. The fourth-order valence-electron chi connectivity index (χ4n) is 3.49. The van der Waals surface area contributed by atoms with Gasteiger partial charge in [-0.05, 0) is 24.7 Å². The summed E-state index contributed by atoms with van der Waals surface area (Å²) in [7, 11) is -3.23. The predicted molar refractivity (Wildman–Crippen MR) is 68.3 cm³/mol. The van der Waals surface area contributed by atoms with Crippen molar-refractivity contribution in [1.29, 1.82) is 0 Å². The van der Waals surface area contributed by atoms with Crippen LogP contribution >= 0.6 is 0 Å². The first-order valence-corrected chi connectivity index (χ1v) is 8.40. The van der Waals surface area contributed by atoms with Crippen LogP contribution in [0.25, 0.3) is 0 Å². The van der Waals surface area contributed by atoms with Crippen LogP contribution in [0, 0.1) is 11.8 Å². The largest absolute Gasteiger partial charge is 0.379 e. The Morgan fingerprint density at radius 2 is 1.44 bits per heavy atom. The van der Waals surface area contributed by atoms with Gasteiger partial charge in [-0.1, -0.05) is 12.8 Å². The summed E-state index contributed by atoms with van der Waals surface area (Å²) < 4.78 is 33.6. The van der Waals surface area contributed by atoms with Crippen LogP contribution in [0.2, 0.25) is 0 Å². The van der Waals surface area contributed by atoms with Crippen molar-refractivity contribution in [1.82, 2.24) is 8.61 Å². The Kier molecular flexibility index (Phi) is 3.62. The Labute approximate surface area is 109 Å². The van der Waals surface area contributed by atoms with Crippen LogP contribution in [0.3, 0.4) is 0 Å². The summed E-state index contributed by atoms with van der Waals surface area (Å²) in [6, 6.07) is 0. The predicted octanol–water partition coefficient (Wildman–Crippen LogP) is 0.685. The molecule has 2 unspecified atom stereocenters. The van der Waals surface area contributed by atoms with Crippen molar-refractivity contribution < 1.29 is 13.2 Å². The second-order valence-electron chi connectivity index (χ2n) is 5.64. The van der Waals surface area contributed by atoms with E-state index >= 15 is 0 Å². The number of hydrogen-bond donors (Lipinski definition) is 0. The molecule has 0 aromatic carbocycles. The highest BCUT2D eigenvalue weighted by Gasteiger charge is 2.41. The lowest BCUT2D eigenvalue weighted by Crippen LogP contribution is -2.48. The molecule has 2 atom stereocenters. The first kappa shape index (κ1) is 12.8. The Hall–Kier alpha value is -0.170. The maximum absolute atomic E-state index is 12.5. The molecule has 104 valence electrons. The van der Waals surface area contributed by atoms with E-state index in [2.05, 4.69) is 0 Å². The number of ether oxygens (including phenoxy) is 1. The molecule has 0 radical (unpaired) electrons. The van der Waals surface area contributed by atoms with Gasteiger partial charge in [0.25, 0.3) is 10.2 Å². The third-order valence-corrected chi connectivity index (χ3v) is 6.53. The minimum absolute atomic E-state index is 0.508. The van der Waals surface area contributed by atoms with Crippen LogP contribution in [0.15, 0.2) is 0 Å². The van der Waals surface area contributed by atoms with Crippen molar-refractivity contribution in [2.24, 2.45) is 11.8 Å². The number of fused-ring (bicyclic) bond motifs is 1. The lowest BCUT2D eigenvalue weighted by molar-refractivity contribution is 0.0705. The summed E-state index contributed by atoms with van der Waals surface area (Å²) in [5.74, 6) is 1.21. The van der Waals surface area contributed by atoms with Gasteiger partial charge in [0.15, 0.2) is 0 Å². The fourth-order valence-corrected chi connectivity index (χ4v) is 5.19. The molecule has 1 aliphatic carbocycles. The molecule has 0 aromatic heterocycles. The Morgan fingerprint density at radius 1 is 0.889 bits per heavy atom. The minimum Gasteiger partial charge on any atom is -0.379 e. The van der Waals surface area contributed by atoms with Crippen LogP contribution in [-0.2, 0) is 14.9 Å². The van der Waals surface area contributed by atoms with Gasteiger partial charge in [0.05, 0.1) is 13.2 Å². The van der Waals surface area contributed by atoms with Gasteiger partial charge in [-0.25, -0.2) is 0 Å². The van der Waals surface area contributed by atoms with Gasteiger partial charge in [-0.3, -0.25) is 0 Å². The van der Waals surface area contributed by atoms with E-state index in [1.807, 2.05) is 0 Å². The molecule has 3 fully saturated rings. The highest BCUT2D eigenvalue weighted by molar-refractivity contribution is 7.86. The number of rotatable bonds is 2. The Balaban J connectivity index is 1.70. The van der Waals surface area contributed by atoms with E-state index in [1.54, 1.807) is 8.61 Å². The Morgan fingerprint density at radius 3 is 2.00 bits per heavy atom. The van der Waals surface area contributed by atoms with Crippen molar-refractivity contribution in [3.05, 3.63) is 0 Å². The van der Waals surface area contributed by atoms with E-state index in [9.17, 15) is 8.42 Å². The highest BCUT2D eigenvalue weighted by Crippen LogP contribution is 2.37. The van der Waals surface area contributed by atoms with E-state index in [0.29, 0.717) is 38.1 Å². The summed E-state index contributed by atoms with van der Waals surface area (Å²) in [4.78, 5) is 0. The molecule has 2 saturated heterocycles. The van der Waals surface area contributed by atoms with Gasteiger partial charge in [0.2, 0.25) is 0 Å². The molecule has 3 rings (SSSR count). The van der Waals surface area contributed by atoms with Gasteiger partial charge < -0.3 is 4.74 Å². The normalized spacial score (nSPS) is 35.6. The molecule has 1 saturated carbocycles. The van der Waals surface area contributed by atoms with Crippen molar-refractivity contribution in [2.75, 3.05) is 39.4 Å². The average Bonchev–Trinajstić information content (AvgIpc) is 2.84. The van der Waals surface area contributed by atoms with E-state index in [-0.39, 0.29) is 0 Å². The third-order valence-electron chi connectivity index (χ3n) is 4.57. The molecule has 2 heterocycles. The standard InChI is InChI=1S/C12H22N2O3S/c15-18(16,13-5-7-17-8-6-13)14-9-11-3-1-2-4-12(11)10-14/h11-12H,1-10H2. The second-order valence-corrected chi connectivity index (χ2v) is 7.57. The summed E-state index contributed by atoms with van der Waals surface area (Å²) in [5.41, 5.74) is 0. The van der Waals surface area contributed by atoms with Crippen LogP contribution < -0.4 is 0 Å². The molecule has 18 heavy (non-hydrogen) atoms. The van der Waals surface area contributed by atoms with E-state index in [0.717, 1.165) is 13.1 Å². The molecular formula is C12H22N2O3S. The summed E-state index contributed by atoms with van der Waals surface area (Å²) in [6.07, 6.45) is 4.96. The quantitative estimate of drug-likeness (QED) is 0.744. The summed E-state index contributed by atoms with van der Waals surface area (Å²) >= 11 is 0. The molecule has 6 heteroatoms. The fraction of sp³-hybridized carbons (Fsp3) is 1.00. The lowest BCUT2D eigenvalue weighted by Gasteiger charge is -2.30. The van der Waals surface area contributed by atoms with Crippen molar-refractivity contribution in [2.45, 2.75) is 25.7 Å². The smallest absolute Gasteiger partial charge is 0.282 e. The first-order valence-electron chi connectivity index (χ1n) is 7.01. The molecule has 3 aliphatic rings. The molecule has 5 nitrogen and oxygen atoms in total. The van der Waals surface area contributed by atoms with Crippen molar-refractivity contribution in [3.63, 3.8) is 0 Å². The molecule has 0 amide bonds. The number of morpholine rings is 1. The average molecular weight is 274 g/mol. The summed E-state index contributed by atoms with van der Waals surface area (Å²) in [6.45, 7) is 3.55. The first-order chi connectivity index (χ1) is 8.68. The third kappa shape index (κ3) is 2.31. The second kappa shape index (κ2) is 5.07. The van der Waals surface area contributed by atoms with E-state index in [4.69, 9.17) is 4.74 Å². The number of nitrogens with zero attached hydrogens (tertiary/aromatic N) is 2. The highest BCUT2D eigenvalue weighted by atomic mass is 32.2. The monoisotopic (exact) mass is 274 g/mol. The minimum atomic E-state index is -3.23. The van der Waals surface area contributed by atoms with Crippen molar-refractivity contribution >= 4 is 10.2 Å². The van der Waals surface area contributed by atoms with E-state index < -0.39 is 10.2 Å². The van der Waals surface area contributed by atoms with Crippen molar-refractivity contribution in [3.8, 4) is 0 Å². The van der Waals surface area contributed by atoms with Crippen LogP contribution in [0.4, 0.5) is 0 Å². The zero-order valence-corrected chi connectivity index (χ0v) is 11.6. The van der Waals surface area contributed by atoms with Crippen LogP contribution in [-0.4, -0.2) is 56.4 Å². The maximum Gasteiger partial charge on any atom is 0.282 e.